The first-order valence-electron chi connectivity index (χ1n) is 9.13. The summed E-state index contributed by atoms with van der Waals surface area (Å²) in [6.45, 7) is 1.87. The highest BCUT2D eigenvalue weighted by Gasteiger charge is 2.31. The summed E-state index contributed by atoms with van der Waals surface area (Å²) in [5, 5.41) is 12.1. The zero-order valence-corrected chi connectivity index (χ0v) is 16.5. The summed E-state index contributed by atoms with van der Waals surface area (Å²) in [4.78, 5) is 16.9. The Kier molecular flexibility index (Phi) is 5.29. The number of pyridine rings is 1. The number of ether oxygens (including phenoxy) is 1. The summed E-state index contributed by atoms with van der Waals surface area (Å²) in [6, 6.07) is 11.6. The lowest BCUT2D eigenvalue weighted by Gasteiger charge is -2.14. The van der Waals surface area contributed by atoms with E-state index in [1.54, 1.807) is 19.5 Å². The van der Waals surface area contributed by atoms with Crippen LogP contribution in [0, 0.1) is 0 Å². The smallest absolute Gasteiger partial charge is 0.237 e. The number of anilines is 1. The molecule has 0 radical (unpaired) electrons. The van der Waals surface area contributed by atoms with Gasteiger partial charge < -0.3 is 10.1 Å². The second kappa shape index (κ2) is 8.02. The summed E-state index contributed by atoms with van der Waals surface area (Å²) in [6.07, 6.45) is 5.72. The van der Waals surface area contributed by atoms with Crippen LogP contribution in [-0.2, 0) is 4.79 Å². The summed E-state index contributed by atoms with van der Waals surface area (Å²) in [7, 11) is 1.58. The van der Waals surface area contributed by atoms with Gasteiger partial charge in [0.1, 0.15) is 5.75 Å². The molecule has 1 atom stereocenters. The number of nitrogens with one attached hydrogen (secondary N) is 1. The molecule has 3 aromatic rings. The molecule has 1 aromatic carbocycles. The number of methoxy groups -OCH3 is 1. The monoisotopic (exact) mass is 395 g/mol. The van der Waals surface area contributed by atoms with Crippen LogP contribution in [0.3, 0.4) is 0 Å². The molecule has 8 heteroatoms. The summed E-state index contributed by atoms with van der Waals surface area (Å²) in [5.41, 5.74) is 1.59. The zero-order chi connectivity index (χ0) is 19.5. The van der Waals surface area contributed by atoms with Gasteiger partial charge in [-0.2, -0.15) is 0 Å². The molecule has 1 N–H and O–H groups in total. The Hall–Kier alpha value is -2.87. The molecule has 28 heavy (non-hydrogen) atoms. The number of aromatic nitrogens is 4. The van der Waals surface area contributed by atoms with E-state index in [0.29, 0.717) is 17.5 Å². The molecular formula is C20H21N5O2S. The average Bonchev–Trinajstić information content (AvgIpc) is 3.49. The van der Waals surface area contributed by atoms with Gasteiger partial charge in [0.2, 0.25) is 5.91 Å². The predicted molar refractivity (Wildman–Crippen MR) is 108 cm³/mol. The van der Waals surface area contributed by atoms with E-state index < -0.39 is 0 Å². The fourth-order valence-corrected chi connectivity index (χ4v) is 3.82. The van der Waals surface area contributed by atoms with Crippen LogP contribution >= 0.6 is 11.8 Å². The van der Waals surface area contributed by atoms with Crippen molar-refractivity contribution in [2.24, 2.45) is 0 Å². The van der Waals surface area contributed by atoms with Crippen LogP contribution in [0.2, 0.25) is 0 Å². The quantitative estimate of drug-likeness (QED) is 0.613. The van der Waals surface area contributed by atoms with Crippen LogP contribution < -0.4 is 10.1 Å². The maximum atomic E-state index is 12.7. The van der Waals surface area contributed by atoms with Crippen molar-refractivity contribution >= 4 is 23.4 Å². The molecule has 0 spiro atoms. The maximum absolute atomic E-state index is 12.7. The van der Waals surface area contributed by atoms with Crippen LogP contribution in [0.4, 0.5) is 5.69 Å². The SMILES string of the molecule is COc1ccccc1NC(=O)[C@@H](C)Sc1nnc(-c2cccnc2)n1C1CC1. The highest BCUT2D eigenvalue weighted by atomic mass is 32.2. The highest BCUT2D eigenvalue weighted by Crippen LogP contribution is 2.41. The van der Waals surface area contributed by atoms with Gasteiger partial charge in [-0.3, -0.25) is 14.3 Å². The van der Waals surface area contributed by atoms with Crippen molar-refractivity contribution in [3.8, 4) is 17.1 Å². The summed E-state index contributed by atoms with van der Waals surface area (Å²) < 4.78 is 7.43. The minimum Gasteiger partial charge on any atom is -0.495 e. The fraction of sp³-hybridized carbons (Fsp3) is 0.300. The molecular weight excluding hydrogens is 374 g/mol. The van der Waals surface area contributed by atoms with Crippen molar-refractivity contribution in [3.05, 3.63) is 48.8 Å². The molecule has 1 aliphatic carbocycles. The molecule has 4 rings (SSSR count). The predicted octanol–water partition coefficient (Wildman–Crippen LogP) is 3.80. The van der Waals surface area contributed by atoms with Crippen LogP contribution in [-0.4, -0.2) is 38.0 Å². The van der Waals surface area contributed by atoms with Crippen molar-refractivity contribution in [1.29, 1.82) is 0 Å². The van der Waals surface area contributed by atoms with Crippen molar-refractivity contribution in [1.82, 2.24) is 19.7 Å². The zero-order valence-electron chi connectivity index (χ0n) is 15.7. The Morgan fingerprint density at radius 3 is 2.79 bits per heavy atom. The number of benzene rings is 1. The molecule has 1 saturated carbocycles. The van der Waals surface area contributed by atoms with E-state index in [0.717, 1.165) is 29.4 Å². The topological polar surface area (TPSA) is 81.9 Å². The molecule has 0 aliphatic heterocycles. The first-order chi connectivity index (χ1) is 13.7. The lowest BCUT2D eigenvalue weighted by Crippen LogP contribution is -2.23. The maximum Gasteiger partial charge on any atom is 0.237 e. The van der Waals surface area contributed by atoms with Gasteiger partial charge in [-0.1, -0.05) is 23.9 Å². The Morgan fingerprint density at radius 1 is 1.25 bits per heavy atom. The number of amides is 1. The minimum absolute atomic E-state index is 0.109. The third-order valence-electron chi connectivity index (χ3n) is 4.51. The summed E-state index contributed by atoms with van der Waals surface area (Å²) >= 11 is 1.41. The Balaban J connectivity index is 1.52. The third-order valence-corrected chi connectivity index (χ3v) is 5.57. The number of thioether (sulfide) groups is 1. The number of rotatable bonds is 7. The molecule has 144 valence electrons. The molecule has 0 unspecified atom stereocenters. The van der Waals surface area contributed by atoms with E-state index in [1.807, 2.05) is 43.3 Å². The first-order valence-corrected chi connectivity index (χ1v) is 10.0. The van der Waals surface area contributed by atoms with Gasteiger partial charge in [0.15, 0.2) is 11.0 Å². The van der Waals surface area contributed by atoms with E-state index in [2.05, 4.69) is 25.1 Å². The van der Waals surface area contributed by atoms with Crippen molar-refractivity contribution < 1.29 is 9.53 Å². The number of carbonyl (C=O) groups is 1. The largest absolute Gasteiger partial charge is 0.495 e. The van der Waals surface area contributed by atoms with Crippen LogP contribution in [0.25, 0.3) is 11.4 Å². The molecule has 2 aromatic heterocycles. The number of para-hydroxylation sites is 2. The Bertz CT molecular complexity index is 972. The Labute approximate surface area is 167 Å². The molecule has 1 fully saturated rings. The second-order valence-electron chi connectivity index (χ2n) is 6.60. The van der Waals surface area contributed by atoms with Gasteiger partial charge in [-0.15, -0.1) is 10.2 Å². The first kappa shape index (κ1) is 18.5. The van der Waals surface area contributed by atoms with Crippen LogP contribution in [0.15, 0.2) is 53.9 Å². The number of hydrogen-bond acceptors (Lipinski definition) is 6. The number of carbonyl (C=O) groups excluding carboxylic acids is 1. The van der Waals surface area contributed by atoms with E-state index in [4.69, 9.17) is 4.74 Å². The van der Waals surface area contributed by atoms with Crippen molar-refractivity contribution in [2.45, 2.75) is 36.2 Å². The van der Waals surface area contributed by atoms with E-state index in [-0.39, 0.29) is 11.2 Å². The van der Waals surface area contributed by atoms with Crippen LogP contribution in [0.5, 0.6) is 5.75 Å². The average molecular weight is 395 g/mol. The van der Waals surface area contributed by atoms with Gasteiger partial charge in [-0.05, 0) is 44.0 Å². The van der Waals surface area contributed by atoms with E-state index in [1.165, 1.54) is 11.8 Å². The lowest BCUT2D eigenvalue weighted by atomic mass is 10.3. The standard InChI is InChI=1S/C20H21N5O2S/c1-13(19(26)22-16-7-3-4-8-17(16)27-2)28-20-24-23-18(25(20)15-9-10-15)14-6-5-11-21-12-14/h3-8,11-13,15H,9-10H2,1-2H3,(H,22,26)/t13-/m1/s1. The third kappa shape index (κ3) is 3.87. The molecule has 1 aliphatic rings. The molecule has 0 saturated heterocycles. The highest BCUT2D eigenvalue weighted by molar-refractivity contribution is 8.00. The molecule has 7 nitrogen and oxygen atoms in total. The van der Waals surface area contributed by atoms with Crippen LogP contribution in [0.1, 0.15) is 25.8 Å². The van der Waals surface area contributed by atoms with E-state index in [9.17, 15) is 4.79 Å². The second-order valence-corrected chi connectivity index (χ2v) is 7.91. The number of nitrogens with zero attached hydrogens (tertiary/aromatic N) is 4. The molecule has 2 heterocycles. The minimum atomic E-state index is -0.339. The van der Waals surface area contributed by atoms with Gasteiger partial charge in [0.05, 0.1) is 18.0 Å². The molecule has 0 bridgehead atoms. The number of hydrogen-bond donors (Lipinski definition) is 1. The van der Waals surface area contributed by atoms with Crippen molar-refractivity contribution in [3.63, 3.8) is 0 Å². The normalized spacial score (nSPS) is 14.5. The van der Waals surface area contributed by atoms with Crippen molar-refractivity contribution in [2.75, 3.05) is 12.4 Å². The van der Waals surface area contributed by atoms with E-state index >= 15 is 0 Å². The molecule has 1 amide bonds. The van der Waals surface area contributed by atoms with Gasteiger partial charge in [0, 0.05) is 24.0 Å². The lowest BCUT2D eigenvalue weighted by molar-refractivity contribution is -0.115. The summed E-state index contributed by atoms with van der Waals surface area (Å²) in [5.74, 6) is 1.33. The van der Waals surface area contributed by atoms with Gasteiger partial charge >= 0.3 is 0 Å². The van der Waals surface area contributed by atoms with Gasteiger partial charge in [0.25, 0.3) is 0 Å². The van der Waals surface area contributed by atoms with Gasteiger partial charge in [-0.25, -0.2) is 0 Å². The fourth-order valence-electron chi connectivity index (χ4n) is 2.91. The Morgan fingerprint density at radius 2 is 2.07 bits per heavy atom.